The van der Waals surface area contributed by atoms with Crippen LogP contribution in [0, 0.1) is 5.92 Å². The van der Waals surface area contributed by atoms with Crippen LogP contribution in [-0.4, -0.2) is 28.3 Å². The van der Waals surface area contributed by atoms with Crippen LogP contribution < -0.4 is 5.32 Å². The summed E-state index contributed by atoms with van der Waals surface area (Å²) in [6.45, 7) is 0. The Morgan fingerprint density at radius 3 is 2.72 bits per heavy atom. The number of aromatic nitrogens is 2. The van der Waals surface area contributed by atoms with Crippen LogP contribution in [0.5, 0.6) is 0 Å². The maximum atomic E-state index is 12.8. The van der Waals surface area contributed by atoms with Gasteiger partial charge in [0.2, 0.25) is 0 Å². The summed E-state index contributed by atoms with van der Waals surface area (Å²) in [6, 6.07) is -0.832. The zero-order chi connectivity index (χ0) is 13.2. The molecule has 0 spiro atoms. The maximum absolute atomic E-state index is 12.8. The average molecular weight is 261 g/mol. The first-order valence-electron chi connectivity index (χ1n) is 5.85. The van der Waals surface area contributed by atoms with Crippen molar-refractivity contribution in [3.05, 3.63) is 18.0 Å². The monoisotopic (exact) mass is 261 g/mol. The fourth-order valence-corrected chi connectivity index (χ4v) is 2.32. The molecule has 100 valence electrons. The van der Waals surface area contributed by atoms with Gasteiger partial charge < -0.3 is 5.32 Å². The van der Waals surface area contributed by atoms with Crippen molar-refractivity contribution in [2.24, 2.45) is 5.92 Å². The Morgan fingerprint density at radius 2 is 2.11 bits per heavy atom. The highest BCUT2D eigenvalue weighted by Crippen LogP contribution is 2.37. The zero-order valence-electron chi connectivity index (χ0n) is 9.63. The van der Waals surface area contributed by atoms with Crippen LogP contribution in [-0.2, 0) is 0 Å². The number of carbonyl (C=O) groups excluding carboxylic acids is 1. The number of halogens is 3. The van der Waals surface area contributed by atoms with Gasteiger partial charge >= 0.3 is 6.18 Å². The zero-order valence-corrected chi connectivity index (χ0v) is 9.63. The Morgan fingerprint density at radius 1 is 1.39 bits per heavy atom. The van der Waals surface area contributed by atoms with Crippen LogP contribution in [0.25, 0.3) is 0 Å². The largest absolute Gasteiger partial charge is 0.393 e. The fourth-order valence-electron chi connectivity index (χ4n) is 2.32. The Kier molecular flexibility index (Phi) is 3.58. The highest BCUT2D eigenvalue weighted by atomic mass is 19.4. The number of carbonyl (C=O) groups is 1. The van der Waals surface area contributed by atoms with Gasteiger partial charge in [0.15, 0.2) is 0 Å². The van der Waals surface area contributed by atoms with E-state index in [0.717, 1.165) is 0 Å². The lowest BCUT2D eigenvalue weighted by molar-refractivity contribution is -0.187. The molecule has 2 N–H and O–H groups in total. The number of H-pyrrole nitrogens is 1. The minimum absolute atomic E-state index is 0.0832. The molecule has 7 heteroatoms. The lowest BCUT2D eigenvalue weighted by Crippen LogP contribution is -2.47. The lowest BCUT2D eigenvalue weighted by atomic mass is 9.84. The average Bonchev–Trinajstić information content (AvgIpc) is 2.81. The second-order valence-corrected chi connectivity index (χ2v) is 4.50. The molecule has 1 amide bonds. The van der Waals surface area contributed by atoms with Gasteiger partial charge in [-0.05, 0) is 12.8 Å². The van der Waals surface area contributed by atoms with E-state index in [1.54, 1.807) is 0 Å². The molecule has 1 aromatic heterocycles. The molecule has 2 atom stereocenters. The summed E-state index contributed by atoms with van der Waals surface area (Å²) >= 11 is 0. The Labute approximate surface area is 102 Å². The molecule has 1 fully saturated rings. The van der Waals surface area contributed by atoms with E-state index in [2.05, 4.69) is 15.5 Å². The van der Waals surface area contributed by atoms with Crippen molar-refractivity contribution in [2.75, 3.05) is 0 Å². The van der Waals surface area contributed by atoms with Crippen LogP contribution in [0.15, 0.2) is 12.4 Å². The third kappa shape index (κ3) is 2.83. The van der Waals surface area contributed by atoms with E-state index in [4.69, 9.17) is 0 Å². The molecule has 1 aliphatic rings. The molecule has 1 aliphatic carbocycles. The highest BCUT2D eigenvalue weighted by molar-refractivity contribution is 5.93. The van der Waals surface area contributed by atoms with Crippen molar-refractivity contribution >= 4 is 5.91 Å². The molecular weight excluding hydrogens is 247 g/mol. The van der Waals surface area contributed by atoms with E-state index in [0.29, 0.717) is 19.3 Å². The van der Waals surface area contributed by atoms with Gasteiger partial charge in [-0.25, -0.2) is 0 Å². The Bertz CT molecular complexity index is 402. The normalized spacial score (nSPS) is 24.8. The van der Waals surface area contributed by atoms with E-state index in [1.807, 2.05) is 0 Å². The third-order valence-corrected chi connectivity index (χ3v) is 3.26. The van der Waals surface area contributed by atoms with Gasteiger partial charge in [0.05, 0.1) is 17.7 Å². The molecule has 0 aromatic carbocycles. The molecule has 0 bridgehead atoms. The predicted octanol–water partition coefficient (Wildman–Crippen LogP) is 2.26. The van der Waals surface area contributed by atoms with Crippen molar-refractivity contribution in [2.45, 2.75) is 37.9 Å². The summed E-state index contributed by atoms with van der Waals surface area (Å²) in [6.07, 6.45) is 0.120. The fraction of sp³-hybridized carbons (Fsp3) is 0.636. The smallest absolute Gasteiger partial charge is 0.349 e. The van der Waals surface area contributed by atoms with Crippen LogP contribution >= 0.6 is 0 Å². The van der Waals surface area contributed by atoms with Crippen molar-refractivity contribution in [3.63, 3.8) is 0 Å². The van der Waals surface area contributed by atoms with E-state index >= 15 is 0 Å². The second-order valence-electron chi connectivity index (χ2n) is 4.50. The van der Waals surface area contributed by atoms with E-state index < -0.39 is 24.0 Å². The number of nitrogens with zero attached hydrogens (tertiary/aromatic N) is 1. The van der Waals surface area contributed by atoms with Crippen molar-refractivity contribution in [1.82, 2.24) is 15.5 Å². The third-order valence-electron chi connectivity index (χ3n) is 3.26. The van der Waals surface area contributed by atoms with Crippen LogP contribution in [0.2, 0.25) is 0 Å². The van der Waals surface area contributed by atoms with Gasteiger partial charge in [0, 0.05) is 12.2 Å². The number of nitrogens with one attached hydrogen (secondary N) is 2. The molecule has 18 heavy (non-hydrogen) atoms. The molecule has 2 rings (SSSR count). The highest BCUT2D eigenvalue weighted by Gasteiger charge is 2.45. The molecule has 1 aromatic rings. The maximum Gasteiger partial charge on any atom is 0.393 e. The van der Waals surface area contributed by atoms with Crippen LogP contribution in [0.1, 0.15) is 36.0 Å². The van der Waals surface area contributed by atoms with Gasteiger partial charge in [0.1, 0.15) is 0 Å². The first kappa shape index (κ1) is 12.9. The summed E-state index contributed by atoms with van der Waals surface area (Å²) in [5, 5.41) is 8.51. The van der Waals surface area contributed by atoms with E-state index in [-0.39, 0.29) is 12.0 Å². The van der Waals surface area contributed by atoms with Gasteiger partial charge in [-0.1, -0.05) is 12.8 Å². The van der Waals surface area contributed by atoms with Crippen LogP contribution in [0.4, 0.5) is 13.2 Å². The lowest BCUT2D eigenvalue weighted by Gasteiger charge is -2.33. The first-order chi connectivity index (χ1) is 8.48. The van der Waals surface area contributed by atoms with Gasteiger partial charge in [-0.3, -0.25) is 9.89 Å². The van der Waals surface area contributed by atoms with Crippen molar-refractivity contribution < 1.29 is 18.0 Å². The number of amides is 1. The minimum atomic E-state index is -4.26. The minimum Gasteiger partial charge on any atom is -0.349 e. The molecule has 4 nitrogen and oxygen atoms in total. The van der Waals surface area contributed by atoms with Crippen molar-refractivity contribution in [1.29, 1.82) is 0 Å². The first-order valence-corrected chi connectivity index (χ1v) is 5.85. The summed E-state index contributed by atoms with van der Waals surface area (Å²) in [4.78, 5) is 11.7. The van der Waals surface area contributed by atoms with Crippen LogP contribution in [0.3, 0.4) is 0 Å². The molecule has 1 saturated carbocycles. The standard InChI is InChI=1S/C11H14F3N3O/c12-11(13,14)8-3-1-2-4-9(8)17-10(18)7-5-15-16-6-7/h5-6,8-9H,1-4H2,(H,15,16)(H,17,18). The molecule has 0 aliphatic heterocycles. The summed E-state index contributed by atoms with van der Waals surface area (Å²) < 4.78 is 38.4. The number of alkyl halides is 3. The molecule has 0 saturated heterocycles. The number of rotatable bonds is 2. The molecule has 2 unspecified atom stereocenters. The Balaban J connectivity index is 2.04. The van der Waals surface area contributed by atoms with Gasteiger partial charge in [-0.2, -0.15) is 18.3 Å². The molecular formula is C11H14F3N3O. The van der Waals surface area contributed by atoms with Gasteiger partial charge in [-0.15, -0.1) is 0 Å². The number of hydrogen-bond donors (Lipinski definition) is 2. The predicted molar refractivity (Wildman–Crippen MR) is 57.9 cm³/mol. The van der Waals surface area contributed by atoms with Crippen molar-refractivity contribution in [3.8, 4) is 0 Å². The van der Waals surface area contributed by atoms with E-state index in [1.165, 1.54) is 12.4 Å². The number of hydrogen-bond acceptors (Lipinski definition) is 2. The van der Waals surface area contributed by atoms with E-state index in [9.17, 15) is 18.0 Å². The van der Waals surface area contributed by atoms with Gasteiger partial charge in [0.25, 0.3) is 5.91 Å². The quantitative estimate of drug-likeness (QED) is 0.858. The summed E-state index contributed by atoms with van der Waals surface area (Å²) in [5.41, 5.74) is 0.251. The topological polar surface area (TPSA) is 57.8 Å². The summed E-state index contributed by atoms with van der Waals surface area (Å²) in [7, 11) is 0. The second kappa shape index (κ2) is 4.99. The SMILES string of the molecule is O=C(NC1CCCCC1C(F)(F)F)c1cn[nH]c1. The number of aromatic amines is 1. The summed E-state index contributed by atoms with van der Waals surface area (Å²) in [5.74, 6) is -1.95. The molecule has 1 heterocycles. The molecule has 0 radical (unpaired) electrons. The Hall–Kier alpha value is -1.53.